The standard InChI is InChI=1S/C19H20N4O5S/c1-3-11-9(2)12(28-17(25)10-7-5-4-6-8-10)16(27-11)23-14-13(29-19(23)26)15(24)22-18(20)21-14/h4-9,11-12,16H,3H2,1-2H3,(H3,20,21,22,24)/t9-,11-,12-,16-/m1/s1. The Morgan fingerprint density at radius 1 is 1.34 bits per heavy atom. The SMILES string of the molecule is CC[C@H]1O[C@@H](n2c(=O)sc3c(=O)[nH]c(N)nc32)[C@H](OC(=O)c2ccccc2)[C@@H]1C. The van der Waals surface area contributed by atoms with E-state index in [0.717, 1.165) is 11.3 Å². The fourth-order valence-electron chi connectivity index (χ4n) is 3.63. The van der Waals surface area contributed by atoms with Gasteiger partial charge in [0, 0.05) is 5.92 Å². The zero-order valence-electron chi connectivity index (χ0n) is 15.8. The van der Waals surface area contributed by atoms with Crippen LogP contribution in [0.2, 0.25) is 0 Å². The van der Waals surface area contributed by atoms with Gasteiger partial charge in [-0.05, 0) is 18.6 Å². The molecule has 3 aromatic rings. The molecule has 2 aromatic heterocycles. The number of nitrogens with zero attached hydrogens (tertiary/aromatic N) is 2. The summed E-state index contributed by atoms with van der Waals surface area (Å²) in [6.07, 6.45) is -1.19. The fourth-order valence-corrected chi connectivity index (χ4v) is 4.47. The molecule has 0 aliphatic carbocycles. The van der Waals surface area contributed by atoms with Gasteiger partial charge >= 0.3 is 10.8 Å². The van der Waals surface area contributed by atoms with Crippen molar-refractivity contribution in [3.05, 3.63) is 55.9 Å². The summed E-state index contributed by atoms with van der Waals surface area (Å²) in [5.41, 5.74) is 5.70. The van der Waals surface area contributed by atoms with E-state index in [1.165, 1.54) is 4.57 Å². The molecule has 29 heavy (non-hydrogen) atoms. The molecule has 152 valence electrons. The molecule has 1 aromatic carbocycles. The van der Waals surface area contributed by atoms with Crippen molar-refractivity contribution in [3.8, 4) is 0 Å². The predicted octanol–water partition coefficient (Wildman–Crippen LogP) is 1.90. The minimum Gasteiger partial charge on any atom is -0.454 e. The highest BCUT2D eigenvalue weighted by Crippen LogP contribution is 2.38. The number of H-pyrrole nitrogens is 1. The average molecular weight is 416 g/mol. The molecule has 3 heterocycles. The number of nitrogens with two attached hydrogens (primary N) is 1. The Bertz CT molecular complexity index is 1170. The lowest BCUT2D eigenvalue weighted by molar-refractivity contribution is -0.0477. The zero-order chi connectivity index (χ0) is 20.7. The van der Waals surface area contributed by atoms with Crippen LogP contribution in [0.5, 0.6) is 0 Å². The smallest absolute Gasteiger partial charge is 0.338 e. The van der Waals surface area contributed by atoms with Gasteiger partial charge in [-0.15, -0.1) is 0 Å². The van der Waals surface area contributed by atoms with E-state index in [0.29, 0.717) is 12.0 Å². The number of thiazole rings is 1. The monoisotopic (exact) mass is 416 g/mol. The van der Waals surface area contributed by atoms with Crippen LogP contribution < -0.4 is 16.2 Å². The van der Waals surface area contributed by atoms with Crippen molar-refractivity contribution in [1.29, 1.82) is 0 Å². The van der Waals surface area contributed by atoms with Crippen LogP contribution >= 0.6 is 11.3 Å². The second-order valence-corrected chi connectivity index (χ2v) is 7.87. The maximum Gasteiger partial charge on any atom is 0.338 e. The van der Waals surface area contributed by atoms with E-state index in [1.807, 2.05) is 13.8 Å². The second kappa shape index (κ2) is 7.45. The minimum atomic E-state index is -0.905. The van der Waals surface area contributed by atoms with E-state index in [2.05, 4.69) is 9.97 Å². The molecule has 9 nitrogen and oxygen atoms in total. The van der Waals surface area contributed by atoms with Gasteiger partial charge in [0.05, 0.1) is 11.7 Å². The van der Waals surface area contributed by atoms with Gasteiger partial charge in [0.2, 0.25) is 5.95 Å². The van der Waals surface area contributed by atoms with E-state index in [-0.39, 0.29) is 28.3 Å². The third-order valence-electron chi connectivity index (χ3n) is 5.10. The third-order valence-corrected chi connectivity index (χ3v) is 6.04. The van der Waals surface area contributed by atoms with Gasteiger partial charge in [-0.3, -0.25) is 19.1 Å². The fraction of sp³-hybridized carbons (Fsp3) is 0.368. The largest absolute Gasteiger partial charge is 0.454 e. The molecule has 0 bridgehead atoms. The summed E-state index contributed by atoms with van der Waals surface area (Å²) in [5, 5.41) is 0. The number of fused-ring (bicyclic) bond motifs is 1. The molecule has 1 saturated heterocycles. The van der Waals surface area contributed by atoms with Crippen molar-refractivity contribution in [2.75, 3.05) is 5.73 Å². The van der Waals surface area contributed by atoms with Gasteiger partial charge in [0.25, 0.3) is 5.56 Å². The predicted molar refractivity (Wildman–Crippen MR) is 108 cm³/mol. The van der Waals surface area contributed by atoms with E-state index in [9.17, 15) is 14.4 Å². The maximum absolute atomic E-state index is 12.7. The number of anilines is 1. The Labute approximate surface area is 169 Å². The van der Waals surface area contributed by atoms with Crippen molar-refractivity contribution < 1.29 is 14.3 Å². The summed E-state index contributed by atoms with van der Waals surface area (Å²) < 4.78 is 13.3. The Kier molecular flexibility index (Phi) is 4.97. The number of esters is 1. The number of rotatable bonds is 4. The Morgan fingerprint density at radius 3 is 2.76 bits per heavy atom. The molecule has 3 N–H and O–H groups in total. The summed E-state index contributed by atoms with van der Waals surface area (Å²) in [6.45, 7) is 3.86. The van der Waals surface area contributed by atoms with Crippen molar-refractivity contribution in [3.63, 3.8) is 0 Å². The van der Waals surface area contributed by atoms with Crippen molar-refractivity contribution in [2.45, 2.75) is 38.7 Å². The molecule has 10 heteroatoms. The van der Waals surface area contributed by atoms with Crippen molar-refractivity contribution in [2.24, 2.45) is 5.92 Å². The zero-order valence-corrected chi connectivity index (χ0v) is 16.6. The molecule has 0 unspecified atom stereocenters. The number of nitrogen functional groups attached to an aromatic ring is 1. The quantitative estimate of drug-likeness (QED) is 0.621. The molecule has 1 aliphatic rings. The van der Waals surface area contributed by atoms with E-state index < -0.39 is 28.7 Å². The van der Waals surface area contributed by atoms with Gasteiger partial charge < -0.3 is 15.2 Å². The lowest BCUT2D eigenvalue weighted by atomic mass is 9.98. The first kappa shape index (κ1) is 19.3. The molecule has 4 rings (SSSR count). The molecule has 0 amide bonds. The van der Waals surface area contributed by atoms with E-state index in [4.69, 9.17) is 15.2 Å². The highest BCUT2D eigenvalue weighted by Gasteiger charge is 2.46. The van der Waals surface area contributed by atoms with Gasteiger partial charge in [-0.25, -0.2) is 4.79 Å². The van der Waals surface area contributed by atoms with Crippen LogP contribution in [0.3, 0.4) is 0 Å². The number of hydrogen-bond donors (Lipinski definition) is 2. The summed E-state index contributed by atoms with van der Waals surface area (Å²) in [4.78, 5) is 43.6. The number of aromatic amines is 1. The van der Waals surface area contributed by atoms with Crippen LogP contribution in [-0.4, -0.2) is 32.7 Å². The number of nitrogens with one attached hydrogen (secondary N) is 1. The maximum atomic E-state index is 12.7. The Balaban J connectivity index is 1.78. The van der Waals surface area contributed by atoms with E-state index >= 15 is 0 Å². The number of aromatic nitrogens is 3. The lowest BCUT2D eigenvalue weighted by Crippen LogP contribution is -2.33. The summed E-state index contributed by atoms with van der Waals surface area (Å²) in [5.74, 6) is -0.783. The number of ether oxygens (including phenoxy) is 2. The molecule has 0 spiro atoms. The molecular formula is C19H20N4O5S. The minimum absolute atomic E-state index is 0.107. The van der Waals surface area contributed by atoms with Gasteiger partial charge in [0.15, 0.2) is 18.0 Å². The summed E-state index contributed by atoms with van der Waals surface area (Å²) in [7, 11) is 0. The van der Waals surface area contributed by atoms with Crippen LogP contribution in [0.25, 0.3) is 10.3 Å². The van der Waals surface area contributed by atoms with Crippen LogP contribution in [0.1, 0.15) is 36.9 Å². The van der Waals surface area contributed by atoms with Crippen LogP contribution in [-0.2, 0) is 9.47 Å². The van der Waals surface area contributed by atoms with Gasteiger partial charge in [-0.2, -0.15) is 4.98 Å². The van der Waals surface area contributed by atoms with Crippen LogP contribution in [0, 0.1) is 5.92 Å². The highest BCUT2D eigenvalue weighted by atomic mass is 32.1. The molecule has 0 saturated carbocycles. The first-order valence-electron chi connectivity index (χ1n) is 9.23. The Hall–Kier alpha value is -2.98. The average Bonchev–Trinajstić information content (AvgIpc) is 3.19. The molecular weight excluding hydrogens is 396 g/mol. The van der Waals surface area contributed by atoms with Gasteiger partial charge in [-0.1, -0.05) is 43.4 Å². The number of hydrogen-bond acceptors (Lipinski definition) is 8. The topological polar surface area (TPSA) is 129 Å². The van der Waals surface area contributed by atoms with Crippen LogP contribution in [0.15, 0.2) is 39.9 Å². The van der Waals surface area contributed by atoms with Crippen LogP contribution in [0.4, 0.5) is 5.95 Å². The molecule has 4 atom stereocenters. The van der Waals surface area contributed by atoms with E-state index in [1.54, 1.807) is 30.3 Å². The summed E-state index contributed by atoms with van der Waals surface area (Å²) >= 11 is 0.753. The highest BCUT2D eigenvalue weighted by molar-refractivity contribution is 7.16. The lowest BCUT2D eigenvalue weighted by Gasteiger charge is -2.22. The third kappa shape index (κ3) is 3.34. The molecule has 1 fully saturated rings. The second-order valence-electron chi connectivity index (χ2n) is 6.91. The first-order chi connectivity index (χ1) is 13.9. The number of carbonyl (C=O) groups is 1. The Morgan fingerprint density at radius 2 is 2.07 bits per heavy atom. The summed E-state index contributed by atoms with van der Waals surface area (Å²) in [6, 6.07) is 8.60. The normalized spacial score (nSPS) is 24.1. The van der Waals surface area contributed by atoms with Crippen molar-refractivity contribution >= 4 is 33.6 Å². The first-order valence-corrected chi connectivity index (χ1v) is 10.0. The molecule has 1 aliphatic heterocycles. The number of benzene rings is 1. The van der Waals surface area contributed by atoms with Gasteiger partial charge in [0.1, 0.15) is 4.70 Å². The molecule has 0 radical (unpaired) electrons. The van der Waals surface area contributed by atoms with Crippen molar-refractivity contribution in [1.82, 2.24) is 14.5 Å². The number of carbonyl (C=O) groups excluding carboxylic acids is 1.